The van der Waals surface area contributed by atoms with E-state index in [1.54, 1.807) is 11.3 Å². The van der Waals surface area contributed by atoms with E-state index in [0.29, 0.717) is 28.9 Å². The van der Waals surface area contributed by atoms with Crippen LogP contribution in [-0.2, 0) is 17.6 Å². The van der Waals surface area contributed by atoms with E-state index in [1.807, 2.05) is 24.4 Å². The van der Waals surface area contributed by atoms with Gasteiger partial charge in [-0.1, -0.05) is 6.07 Å². The van der Waals surface area contributed by atoms with Gasteiger partial charge in [-0.3, -0.25) is 0 Å². The molecule has 1 aromatic carbocycles. The lowest BCUT2D eigenvalue weighted by Crippen LogP contribution is -2.34. The number of nitriles is 1. The zero-order chi connectivity index (χ0) is 20.0. The van der Waals surface area contributed by atoms with Gasteiger partial charge in [0.15, 0.2) is 0 Å². The molecule has 3 aromatic rings. The summed E-state index contributed by atoms with van der Waals surface area (Å²) in [5, 5.41) is 9.99. The summed E-state index contributed by atoms with van der Waals surface area (Å²) >= 11 is 0. The second kappa shape index (κ2) is 6.97. The molecule has 5 rings (SSSR count). The predicted molar refractivity (Wildman–Crippen MR) is 112 cm³/mol. The van der Waals surface area contributed by atoms with Crippen molar-refractivity contribution in [2.75, 3.05) is 24.6 Å². The third-order valence-corrected chi connectivity index (χ3v) is 6.05. The van der Waals surface area contributed by atoms with E-state index < -0.39 is 0 Å². The number of carbonyl (C=O) groups is 1. The number of nitrogens with zero attached hydrogens (tertiary/aromatic N) is 3. The zero-order valence-electron chi connectivity index (χ0n) is 16.6. The Balaban J connectivity index is 1.81. The monoisotopic (exact) mass is 385 g/mol. The van der Waals surface area contributed by atoms with E-state index >= 15 is 0 Å². The molecule has 5 nitrogen and oxygen atoms in total. The van der Waals surface area contributed by atoms with Gasteiger partial charge >= 0.3 is 5.97 Å². The summed E-state index contributed by atoms with van der Waals surface area (Å²) in [6.07, 6.45) is 6.20. The van der Waals surface area contributed by atoms with Crippen molar-refractivity contribution in [1.29, 1.82) is 5.26 Å². The SMILES string of the molecule is CCOC(=O)c1c(-c2cc3c4c(c2)CCCN4CCC3)c(C#N)n2ccccc12. The average molecular weight is 385 g/mol. The zero-order valence-corrected chi connectivity index (χ0v) is 16.6. The lowest BCUT2D eigenvalue weighted by Gasteiger charge is -2.37. The molecule has 0 unspecified atom stereocenters. The Labute approximate surface area is 170 Å². The van der Waals surface area contributed by atoms with Crippen molar-refractivity contribution in [3.63, 3.8) is 0 Å². The quantitative estimate of drug-likeness (QED) is 0.629. The number of rotatable bonds is 3. The standard InChI is InChI=1S/C24H23N3O2/c1-2-29-24(28)22-19-9-3-4-12-27(19)20(15-25)21(22)18-13-16-7-5-10-26-11-6-8-17(14-18)23(16)26/h3-4,9,12-14H,2,5-8,10-11H2,1H3. The minimum Gasteiger partial charge on any atom is -0.462 e. The largest absolute Gasteiger partial charge is 0.462 e. The van der Waals surface area contributed by atoms with E-state index in [4.69, 9.17) is 4.74 Å². The van der Waals surface area contributed by atoms with Crippen molar-refractivity contribution < 1.29 is 9.53 Å². The molecule has 0 amide bonds. The molecular formula is C24H23N3O2. The summed E-state index contributed by atoms with van der Waals surface area (Å²) in [7, 11) is 0. The maximum atomic E-state index is 12.9. The second-order valence-electron chi connectivity index (χ2n) is 7.72. The topological polar surface area (TPSA) is 57.7 Å². The summed E-state index contributed by atoms with van der Waals surface area (Å²) in [4.78, 5) is 15.4. The first kappa shape index (κ1) is 17.8. The van der Waals surface area contributed by atoms with Gasteiger partial charge in [-0.15, -0.1) is 0 Å². The lowest BCUT2D eigenvalue weighted by atomic mass is 9.87. The molecule has 146 valence electrons. The number of pyridine rings is 1. The van der Waals surface area contributed by atoms with E-state index in [-0.39, 0.29) is 5.97 Å². The molecule has 4 heterocycles. The van der Waals surface area contributed by atoms with E-state index in [2.05, 4.69) is 23.1 Å². The van der Waals surface area contributed by atoms with Crippen LogP contribution in [0, 0.1) is 11.3 Å². The highest BCUT2D eigenvalue weighted by Gasteiger charge is 2.29. The molecule has 0 saturated carbocycles. The number of aryl methyl sites for hydroxylation is 2. The van der Waals surface area contributed by atoms with Crippen molar-refractivity contribution in [3.8, 4) is 17.2 Å². The highest BCUT2D eigenvalue weighted by Crippen LogP contribution is 2.41. The summed E-state index contributed by atoms with van der Waals surface area (Å²) in [6, 6.07) is 12.4. The van der Waals surface area contributed by atoms with Gasteiger partial charge in [-0.25, -0.2) is 4.79 Å². The van der Waals surface area contributed by atoms with Crippen LogP contribution in [-0.4, -0.2) is 30.1 Å². The Kier molecular flexibility index (Phi) is 4.28. The van der Waals surface area contributed by atoms with Crippen LogP contribution in [0.1, 0.15) is 46.9 Å². The Morgan fingerprint density at radius 2 is 1.90 bits per heavy atom. The Morgan fingerprint density at radius 3 is 2.55 bits per heavy atom. The lowest BCUT2D eigenvalue weighted by molar-refractivity contribution is 0.0529. The van der Waals surface area contributed by atoms with Crippen LogP contribution in [0.3, 0.4) is 0 Å². The maximum absolute atomic E-state index is 12.9. The molecule has 0 aliphatic carbocycles. The highest BCUT2D eigenvalue weighted by molar-refractivity contribution is 6.06. The van der Waals surface area contributed by atoms with E-state index in [9.17, 15) is 10.1 Å². The normalized spacial score (nSPS) is 15.1. The molecule has 2 aliphatic heterocycles. The smallest absolute Gasteiger partial charge is 0.341 e. The second-order valence-corrected chi connectivity index (χ2v) is 7.72. The molecule has 0 N–H and O–H groups in total. The number of ether oxygens (including phenoxy) is 1. The van der Waals surface area contributed by atoms with Crippen LogP contribution in [0.4, 0.5) is 5.69 Å². The van der Waals surface area contributed by atoms with Crippen LogP contribution < -0.4 is 4.90 Å². The first-order valence-corrected chi connectivity index (χ1v) is 10.3. The predicted octanol–water partition coefficient (Wildman–Crippen LogP) is 4.35. The van der Waals surface area contributed by atoms with E-state index in [0.717, 1.165) is 44.3 Å². The van der Waals surface area contributed by atoms with Gasteiger partial charge < -0.3 is 14.0 Å². The van der Waals surface area contributed by atoms with Gasteiger partial charge in [-0.05, 0) is 73.6 Å². The Bertz CT molecular complexity index is 1140. The van der Waals surface area contributed by atoms with Gasteiger partial charge in [0.05, 0.1) is 17.7 Å². The first-order valence-electron chi connectivity index (χ1n) is 10.3. The fraction of sp³-hybridized carbons (Fsp3) is 0.333. The van der Waals surface area contributed by atoms with Crippen molar-refractivity contribution in [2.45, 2.75) is 32.6 Å². The van der Waals surface area contributed by atoms with Crippen molar-refractivity contribution in [2.24, 2.45) is 0 Å². The number of anilines is 1. The minimum absolute atomic E-state index is 0.300. The number of fused-ring (bicyclic) bond motifs is 1. The molecule has 0 saturated heterocycles. The van der Waals surface area contributed by atoms with Gasteiger partial charge in [0.25, 0.3) is 0 Å². The third-order valence-electron chi connectivity index (χ3n) is 6.05. The average Bonchev–Trinajstić information content (AvgIpc) is 3.09. The molecule has 0 spiro atoms. The molecular weight excluding hydrogens is 362 g/mol. The Morgan fingerprint density at radius 1 is 1.17 bits per heavy atom. The minimum atomic E-state index is -0.374. The van der Waals surface area contributed by atoms with E-state index in [1.165, 1.54) is 16.8 Å². The molecule has 0 bridgehead atoms. The summed E-state index contributed by atoms with van der Waals surface area (Å²) < 4.78 is 7.19. The van der Waals surface area contributed by atoms with Crippen molar-refractivity contribution in [3.05, 3.63) is 58.9 Å². The number of aromatic nitrogens is 1. The van der Waals surface area contributed by atoms with Crippen LogP contribution in [0.25, 0.3) is 16.6 Å². The molecule has 2 aromatic heterocycles. The fourth-order valence-corrected chi connectivity index (χ4v) is 4.96. The van der Waals surface area contributed by atoms with Gasteiger partial charge in [0, 0.05) is 30.5 Å². The third kappa shape index (κ3) is 2.71. The van der Waals surface area contributed by atoms with Crippen LogP contribution in [0.5, 0.6) is 0 Å². The number of esters is 1. The molecule has 0 radical (unpaired) electrons. The first-order chi connectivity index (χ1) is 14.2. The molecule has 0 atom stereocenters. The Hall–Kier alpha value is -3.26. The van der Waals surface area contributed by atoms with Gasteiger partial charge in [0.1, 0.15) is 11.8 Å². The maximum Gasteiger partial charge on any atom is 0.341 e. The number of hydrogen-bond donors (Lipinski definition) is 0. The van der Waals surface area contributed by atoms with Crippen molar-refractivity contribution in [1.82, 2.24) is 4.40 Å². The summed E-state index contributed by atoms with van der Waals surface area (Å²) in [5.74, 6) is -0.374. The summed E-state index contributed by atoms with van der Waals surface area (Å²) in [6.45, 7) is 4.34. The molecule has 0 fully saturated rings. The van der Waals surface area contributed by atoms with Gasteiger partial charge in [0.2, 0.25) is 0 Å². The number of carbonyl (C=O) groups excluding carboxylic acids is 1. The highest BCUT2D eigenvalue weighted by atomic mass is 16.5. The molecule has 5 heteroatoms. The fourth-order valence-electron chi connectivity index (χ4n) is 4.96. The van der Waals surface area contributed by atoms with Crippen LogP contribution in [0.15, 0.2) is 36.5 Å². The van der Waals surface area contributed by atoms with Crippen LogP contribution in [0.2, 0.25) is 0 Å². The molecule has 2 aliphatic rings. The summed E-state index contributed by atoms with van der Waals surface area (Å²) in [5.41, 5.74) is 7.37. The van der Waals surface area contributed by atoms with Gasteiger partial charge in [-0.2, -0.15) is 5.26 Å². The van der Waals surface area contributed by atoms with Crippen molar-refractivity contribution >= 4 is 17.2 Å². The number of benzene rings is 1. The number of hydrogen-bond acceptors (Lipinski definition) is 4. The van der Waals surface area contributed by atoms with Crippen LogP contribution >= 0.6 is 0 Å². The molecule has 29 heavy (non-hydrogen) atoms.